The average molecular weight is 354 g/mol. The molecule has 1 unspecified atom stereocenters. The van der Waals surface area contributed by atoms with Crippen molar-refractivity contribution in [2.45, 2.75) is 51.5 Å². The van der Waals surface area contributed by atoms with Gasteiger partial charge in [0.1, 0.15) is 5.82 Å². The number of carbonyl (C=O) groups excluding carboxylic acids is 2. The molecule has 1 atom stereocenters. The number of benzene rings is 1. The van der Waals surface area contributed by atoms with Crippen LogP contribution in [0.15, 0.2) is 18.2 Å². The maximum atomic E-state index is 12.9. The molecule has 26 heavy (non-hydrogen) atoms. The number of hydrogen-bond donors (Lipinski definition) is 1. The first-order valence-corrected chi connectivity index (χ1v) is 9.65. The Labute approximate surface area is 153 Å². The molecule has 2 fully saturated rings. The van der Waals surface area contributed by atoms with Crippen LogP contribution in [0.25, 0.3) is 11.0 Å². The number of H-pyrrole nitrogens is 1. The molecule has 0 saturated carbocycles. The van der Waals surface area contributed by atoms with Gasteiger partial charge in [0.05, 0.1) is 23.6 Å². The number of hydrogen-bond acceptors (Lipinski definition) is 3. The van der Waals surface area contributed by atoms with Crippen molar-refractivity contribution in [3.63, 3.8) is 0 Å². The SMILES string of the molecule is Cc1ccc2nc(C3CCCN3C(=O)CN3CCCCCC3=O)[nH]c2c1. The molecule has 0 radical (unpaired) electrons. The Balaban J connectivity index is 1.51. The molecular formula is C20H26N4O2. The highest BCUT2D eigenvalue weighted by Gasteiger charge is 2.33. The number of nitrogens with one attached hydrogen (secondary N) is 1. The standard InChI is InChI=1S/C20H26N4O2/c1-14-8-9-15-16(12-14)22-20(21-15)17-6-5-11-24(17)19(26)13-23-10-4-2-3-7-18(23)25/h8-9,12,17H,2-7,10-11,13H2,1H3,(H,21,22). The first-order chi connectivity index (χ1) is 12.6. The molecule has 2 saturated heterocycles. The van der Waals surface area contributed by atoms with Gasteiger partial charge < -0.3 is 14.8 Å². The number of rotatable bonds is 3. The molecule has 0 bridgehead atoms. The molecule has 2 aliphatic rings. The smallest absolute Gasteiger partial charge is 0.242 e. The van der Waals surface area contributed by atoms with Gasteiger partial charge in [0.25, 0.3) is 0 Å². The minimum Gasteiger partial charge on any atom is -0.340 e. The van der Waals surface area contributed by atoms with Crippen LogP contribution in [0.2, 0.25) is 0 Å². The molecule has 1 aromatic carbocycles. The molecule has 0 aliphatic carbocycles. The van der Waals surface area contributed by atoms with Gasteiger partial charge in [-0.15, -0.1) is 0 Å². The van der Waals surface area contributed by atoms with Crippen LogP contribution in [0.4, 0.5) is 0 Å². The van der Waals surface area contributed by atoms with Crippen LogP contribution in [0, 0.1) is 6.92 Å². The maximum absolute atomic E-state index is 12.9. The van der Waals surface area contributed by atoms with Crippen LogP contribution in [0.5, 0.6) is 0 Å². The predicted molar refractivity (Wildman–Crippen MR) is 99.6 cm³/mol. The van der Waals surface area contributed by atoms with E-state index in [1.807, 2.05) is 11.0 Å². The van der Waals surface area contributed by atoms with E-state index >= 15 is 0 Å². The zero-order valence-electron chi connectivity index (χ0n) is 15.3. The normalized spacial score (nSPS) is 21.4. The lowest BCUT2D eigenvalue weighted by molar-refractivity contribution is -0.140. The van der Waals surface area contributed by atoms with Crippen molar-refractivity contribution >= 4 is 22.8 Å². The molecule has 3 heterocycles. The Hall–Kier alpha value is -2.37. The van der Waals surface area contributed by atoms with E-state index in [-0.39, 0.29) is 24.4 Å². The van der Waals surface area contributed by atoms with E-state index in [0.29, 0.717) is 13.0 Å². The van der Waals surface area contributed by atoms with E-state index in [0.717, 1.165) is 55.5 Å². The Bertz CT molecular complexity index is 828. The molecule has 6 heteroatoms. The fourth-order valence-corrected chi connectivity index (χ4v) is 4.11. The molecule has 4 rings (SSSR count). The van der Waals surface area contributed by atoms with Crippen molar-refractivity contribution in [2.24, 2.45) is 0 Å². The van der Waals surface area contributed by atoms with Gasteiger partial charge in [0.2, 0.25) is 11.8 Å². The number of aryl methyl sites for hydroxylation is 1. The lowest BCUT2D eigenvalue weighted by Gasteiger charge is -2.27. The van der Waals surface area contributed by atoms with Crippen LogP contribution >= 0.6 is 0 Å². The fraction of sp³-hybridized carbons (Fsp3) is 0.550. The minimum atomic E-state index is -0.0164. The first-order valence-electron chi connectivity index (χ1n) is 9.65. The van der Waals surface area contributed by atoms with E-state index in [1.165, 1.54) is 5.56 Å². The summed E-state index contributed by atoms with van der Waals surface area (Å²) in [5, 5.41) is 0. The largest absolute Gasteiger partial charge is 0.340 e. The molecule has 0 spiro atoms. The minimum absolute atomic E-state index is 0.0164. The van der Waals surface area contributed by atoms with Crippen molar-refractivity contribution in [2.75, 3.05) is 19.6 Å². The Morgan fingerprint density at radius 1 is 1.23 bits per heavy atom. The fourth-order valence-electron chi connectivity index (χ4n) is 4.11. The lowest BCUT2D eigenvalue weighted by atomic mass is 10.2. The number of aromatic nitrogens is 2. The van der Waals surface area contributed by atoms with Crippen molar-refractivity contribution in [1.82, 2.24) is 19.8 Å². The summed E-state index contributed by atoms with van der Waals surface area (Å²) in [5.74, 6) is 1.02. The van der Waals surface area contributed by atoms with E-state index < -0.39 is 0 Å². The number of fused-ring (bicyclic) bond motifs is 1. The summed E-state index contributed by atoms with van der Waals surface area (Å²) < 4.78 is 0. The number of amides is 2. The van der Waals surface area contributed by atoms with E-state index in [2.05, 4.69) is 24.0 Å². The topological polar surface area (TPSA) is 69.3 Å². The maximum Gasteiger partial charge on any atom is 0.242 e. The number of carbonyl (C=O) groups is 2. The predicted octanol–water partition coefficient (Wildman–Crippen LogP) is 2.94. The second kappa shape index (κ2) is 7.09. The van der Waals surface area contributed by atoms with E-state index in [1.54, 1.807) is 4.90 Å². The zero-order valence-corrected chi connectivity index (χ0v) is 15.3. The van der Waals surface area contributed by atoms with Crippen LogP contribution in [0.3, 0.4) is 0 Å². The van der Waals surface area contributed by atoms with Gasteiger partial charge in [-0.2, -0.15) is 0 Å². The Morgan fingerprint density at radius 3 is 3.00 bits per heavy atom. The monoisotopic (exact) mass is 354 g/mol. The molecule has 2 aromatic rings. The second-order valence-electron chi connectivity index (χ2n) is 7.51. The number of nitrogens with zero attached hydrogens (tertiary/aromatic N) is 3. The second-order valence-corrected chi connectivity index (χ2v) is 7.51. The molecule has 2 aliphatic heterocycles. The number of likely N-dealkylation sites (tertiary alicyclic amines) is 2. The highest BCUT2D eigenvalue weighted by Crippen LogP contribution is 2.31. The summed E-state index contributed by atoms with van der Waals surface area (Å²) in [5.41, 5.74) is 3.14. The van der Waals surface area contributed by atoms with Gasteiger partial charge in [-0.1, -0.05) is 12.5 Å². The van der Waals surface area contributed by atoms with E-state index in [4.69, 9.17) is 4.98 Å². The van der Waals surface area contributed by atoms with Gasteiger partial charge >= 0.3 is 0 Å². The summed E-state index contributed by atoms with van der Waals surface area (Å²) in [6, 6.07) is 6.14. The van der Waals surface area contributed by atoms with Crippen molar-refractivity contribution < 1.29 is 9.59 Å². The zero-order chi connectivity index (χ0) is 18.1. The molecule has 2 amide bonds. The summed E-state index contributed by atoms with van der Waals surface area (Å²) in [4.78, 5) is 36.9. The molecular weight excluding hydrogens is 328 g/mol. The summed E-state index contributed by atoms with van der Waals surface area (Å²) in [7, 11) is 0. The summed E-state index contributed by atoms with van der Waals surface area (Å²) in [6.45, 7) is 3.70. The Kier molecular flexibility index (Phi) is 4.66. The van der Waals surface area contributed by atoms with Gasteiger partial charge in [-0.3, -0.25) is 9.59 Å². The molecule has 138 valence electrons. The summed E-state index contributed by atoms with van der Waals surface area (Å²) in [6.07, 6.45) is 5.46. The van der Waals surface area contributed by atoms with E-state index in [9.17, 15) is 9.59 Å². The van der Waals surface area contributed by atoms with Gasteiger partial charge in [-0.25, -0.2) is 4.98 Å². The van der Waals surface area contributed by atoms with Crippen molar-refractivity contribution in [1.29, 1.82) is 0 Å². The van der Waals surface area contributed by atoms with Crippen molar-refractivity contribution in [3.8, 4) is 0 Å². The van der Waals surface area contributed by atoms with Gasteiger partial charge in [-0.05, 0) is 50.3 Å². The van der Waals surface area contributed by atoms with Crippen LogP contribution in [-0.2, 0) is 9.59 Å². The highest BCUT2D eigenvalue weighted by molar-refractivity contribution is 5.85. The highest BCUT2D eigenvalue weighted by atomic mass is 16.2. The number of aromatic amines is 1. The first kappa shape index (κ1) is 17.1. The van der Waals surface area contributed by atoms with Crippen LogP contribution < -0.4 is 0 Å². The quantitative estimate of drug-likeness (QED) is 0.921. The Morgan fingerprint density at radius 2 is 2.12 bits per heavy atom. The summed E-state index contributed by atoms with van der Waals surface area (Å²) >= 11 is 0. The third-order valence-corrected chi connectivity index (χ3v) is 5.54. The lowest BCUT2D eigenvalue weighted by Crippen LogP contribution is -2.42. The average Bonchev–Trinajstić information content (AvgIpc) is 3.21. The third kappa shape index (κ3) is 3.32. The molecule has 6 nitrogen and oxygen atoms in total. The van der Waals surface area contributed by atoms with Gasteiger partial charge in [0, 0.05) is 19.5 Å². The third-order valence-electron chi connectivity index (χ3n) is 5.54. The van der Waals surface area contributed by atoms with Gasteiger partial charge in [0.15, 0.2) is 0 Å². The molecule has 1 aromatic heterocycles. The number of imidazole rings is 1. The van der Waals surface area contributed by atoms with Crippen LogP contribution in [-0.4, -0.2) is 51.2 Å². The van der Waals surface area contributed by atoms with Crippen LogP contribution in [0.1, 0.15) is 56.0 Å². The molecule has 1 N–H and O–H groups in total. The van der Waals surface area contributed by atoms with Crippen molar-refractivity contribution in [3.05, 3.63) is 29.6 Å².